The van der Waals surface area contributed by atoms with Crippen LogP contribution in [-0.2, 0) is 20.0 Å². The molecular formula is C17H28N6O4S3. The van der Waals surface area contributed by atoms with Crippen molar-refractivity contribution in [1.82, 2.24) is 23.5 Å². The Balaban J connectivity index is 2.16. The highest BCUT2D eigenvalue weighted by Gasteiger charge is 2.23. The van der Waals surface area contributed by atoms with Gasteiger partial charge in [0, 0.05) is 38.5 Å². The van der Waals surface area contributed by atoms with Gasteiger partial charge < -0.3 is 5.84 Å². The lowest BCUT2D eigenvalue weighted by Gasteiger charge is -2.18. The minimum Gasteiger partial charge on any atom is -0.335 e. The third-order valence-electron chi connectivity index (χ3n) is 4.43. The Morgan fingerprint density at radius 1 is 1.10 bits per heavy atom. The maximum Gasteiger partial charge on any atom is 0.243 e. The molecule has 1 aromatic heterocycles. The van der Waals surface area contributed by atoms with Crippen molar-refractivity contribution >= 4 is 31.8 Å². The molecular weight excluding hydrogens is 448 g/mol. The molecule has 168 valence electrons. The van der Waals surface area contributed by atoms with E-state index in [1.807, 2.05) is 0 Å². The monoisotopic (exact) mass is 476 g/mol. The van der Waals surface area contributed by atoms with Crippen molar-refractivity contribution in [3.8, 4) is 11.4 Å². The molecule has 0 radical (unpaired) electrons. The summed E-state index contributed by atoms with van der Waals surface area (Å²) in [4.78, 5) is 0.162. The highest BCUT2D eigenvalue weighted by Crippen LogP contribution is 2.25. The quantitative estimate of drug-likeness (QED) is 0.289. The lowest BCUT2D eigenvalue weighted by Crippen LogP contribution is -2.30. The molecule has 10 nitrogen and oxygen atoms in total. The fourth-order valence-corrected chi connectivity index (χ4v) is 6.02. The van der Waals surface area contributed by atoms with Gasteiger partial charge in [0.2, 0.25) is 25.2 Å². The molecule has 0 saturated heterocycles. The molecule has 0 saturated carbocycles. The first kappa shape index (κ1) is 24.6. The molecule has 0 amide bonds. The van der Waals surface area contributed by atoms with Crippen molar-refractivity contribution in [2.75, 3.05) is 44.5 Å². The van der Waals surface area contributed by atoms with Crippen LogP contribution < -0.4 is 5.84 Å². The Bertz CT molecular complexity index is 1060. The smallest absolute Gasteiger partial charge is 0.243 e. The average Bonchev–Trinajstić information content (AvgIpc) is 3.06. The van der Waals surface area contributed by atoms with Crippen LogP contribution in [0.25, 0.3) is 11.4 Å². The van der Waals surface area contributed by atoms with E-state index < -0.39 is 20.0 Å². The molecule has 0 spiro atoms. The van der Waals surface area contributed by atoms with Crippen LogP contribution in [0, 0.1) is 0 Å². The van der Waals surface area contributed by atoms with Crippen molar-refractivity contribution in [2.45, 2.75) is 30.3 Å². The number of benzene rings is 1. The molecule has 0 fully saturated rings. The molecule has 1 heterocycles. The number of sulfonamides is 2. The maximum atomic E-state index is 12.8. The third kappa shape index (κ3) is 5.52. The second kappa shape index (κ2) is 10.1. The first-order chi connectivity index (χ1) is 14.0. The molecule has 0 aliphatic heterocycles. The summed E-state index contributed by atoms with van der Waals surface area (Å²) >= 11 is 1.29. The van der Waals surface area contributed by atoms with Crippen molar-refractivity contribution in [3.05, 3.63) is 24.3 Å². The second-order valence-corrected chi connectivity index (χ2v) is 11.9. The Morgan fingerprint density at radius 3 is 2.37 bits per heavy atom. The lowest BCUT2D eigenvalue weighted by atomic mass is 10.2. The molecule has 2 aromatic rings. The second-order valence-electron chi connectivity index (χ2n) is 6.59. The Hall–Kier alpha value is -1.67. The van der Waals surface area contributed by atoms with Crippen LogP contribution in [0.3, 0.4) is 0 Å². The van der Waals surface area contributed by atoms with E-state index in [9.17, 15) is 16.8 Å². The largest absolute Gasteiger partial charge is 0.335 e. The highest BCUT2D eigenvalue weighted by atomic mass is 32.2. The molecule has 2 N–H and O–H groups in total. The Morgan fingerprint density at radius 2 is 1.77 bits per heavy atom. The summed E-state index contributed by atoms with van der Waals surface area (Å²) < 4.78 is 53.0. The summed E-state index contributed by atoms with van der Waals surface area (Å²) in [5.41, 5.74) is 0.528. The van der Waals surface area contributed by atoms with E-state index >= 15 is 0 Å². The fourth-order valence-electron chi connectivity index (χ4n) is 2.67. The van der Waals surface area contributed by atoms with Gasteiger partial charge in [-0.1, -0.05) is 37.7 Å². The SMILES string of the molecule is CCN(CC)S(=O)(=O)c1cccc(-c2nnc(SCCCS(=O)(=O)N(C)C)n2N)c1. The van der Waals surface area contributed by atoms with E-state index in [0.29, 0.717) is 41.8 Å². The highest BCUT2D eigenvalue weighted by molar-refractivity contribution is 7.99. The lowest BCUT2D eigenvalue weighted by molar-refractivity contribution is 0.445. The van der Waals surface area contributed by atoms with E-state index in [-0.39, 0.29) is 10.6 Å². The number of thioether (sulfide) groups is 1. The number of aromatic nitrogens is 3. The zero-order valence-electron chi connectivity index (χ0n) is 17.5. The van der Waals surface area contributed by atoms with Gasteiger partial charge in [0.05, 0.1) is 10.6 Å². The van der Waals surface area contributed by atoms with Gasteiger partial charge >= 0.3 is 0 Å². The number of nitrogens with two attached hydrogens (primary N) is 1. The summed E-state index contributed by atoms with van der Waals surface area (Å²) in [6, 6.07) is 6.42. The number of hydrogen-bond donors (Lipinski definition) is 1. The molecule has 30 heavy (non-hydrogen) atoms. The van der Waals surface area contributed by atoms with Crippen molar-refractivity contribution in [3.63, 3.8) is 0 Å². The van der Waals surface area contributed by atoms with Gasteiger partial charge in [-0.2, -0.15) is 4.31 Å². The van der Waals surface area contributed by atoms with Gasteiger partial charge in [-0.3, -0.25) is 0 Å². The van der Waals surface area contributed by atoms with Gasteiger partial charge in [-0.05, 0) is 18.6 Å². The van der Waals surface area contributed by atoms with Crippen molar-refractivity contribution in [1.29, 1.82) is 0 Å². The van der Waals surface area contributed by atoms with Crippen molar-refractivity contribution in [2.24, 2.45) is 0 Å². The van der Waals surface area contributed by atoms with E-state index in [0.717, 1.165) is 0 Å². The van der Waals surface area contributed by atoms with Crippen LogP contribution in [0.2, 0.25) is 0 Å². The molecule has 13 heteroatoms. The number of hydrogen-bond acceptors (Lipinski definition) is 8. The van der Waals surface area contributed by atoms with E-state index in [1.165, 1.54) is 51.3 Å². The molecule has 1 aromatic carbocycles. The predicted octanol–water partition coefficient (Wildman–Crippen LogP) is 1.06. The maximum absolute atomic E-state index is 12.8. The van der Waals surface area contributed by atoms with Crippen LogP contribution >= 0.6 is 11.8 Å². The minimum absolute atomic E-state index is 0.0316. The van der Waals surface area contributed by atoms with Gasteiger partial charge in [-0.25, -0.2) is 25.8 Å². The molecule has 0 aliphatic rings. The van der Waals surface area contributed by atoms with Crippen LogP contribution in [0.5, 0.6) is 0 Å². The third-order valence-corrected chi connectivity index (χ3v) is 9.43. The number of nitrogen functional groups attached to an aromatic ring is 1. The van der Waals surface area contributed by atoms with Crippen LogP contribution in [-0.4, -0.2) is 79.0 Å². The van der Waals surface area contributed by atoms with Gasteiger partial charge in [0.25, 0.3) is 0 Å². The molecule has 2 rings (SSSR count). The zero-order chi connectivity index (χ0) is 22.5. The molecule has 0 unspecified atom stereocenters. The van der Waals surface area contributed by atoms with Crippen molar-refractivity contribution < 1.29 is 16.8 Å². The first-order valence-corrected chi connectivity index (χ1v) is 13.4. The van der Waals surface area contributed by atoms with Crippen LogP contribution in [0.4, 0.5) is 0 Å². The summed E-state index contributed by atoms with van der Waals surface area (Å²) in [6.07, 6.45) is 0.435. The van der Waals surface area contributed by atoms with E-state index in [2.05, 4.69) is 10.2 Å². The van der Waals surface area contributed by atoms with Gasteiger partial charge in [0.15, 0.2) is 5.82 Å². The molecule has 0 aliphatic carbocycles. The predicted molar refractivity (Wildman–Crippen MR) is 119 cm³/mol. The number of rotatable bonds is 11. The summed E-state index contributed by atoms with van der Waals surface area (Å²) in [6.45, 7) is 4.32. The summed E-state index contributed by atoms with van der Waals surface area (Å²) in [5.74, 6) is 6.97. The Labute approximate surface area is 182 Å². The summed E-state index contributed by atoms with van der Waals surface area (Å²) in [7, 11) is -3.85. The fraction of sp³-hybridized carbons (Fsp3) is 0.529. The average molecular weight is 477 g/mol. The molecule has 0 atom stereocenters. The number of nitrogens with zero attached hydrogens (tertiary/aromatic N) is 5. The summed E-state index contributed by atoms with van der Waals surface area (Å²) in [5, 5.41) is 8.55. The van der Waals surface area contributed by atoms with E-state index in [1.54, 1.807) is 26.0 Å². The van der Waals surface area contributed by atoms with Crippen LogP contribution in [0.15, 0.2) is 34.3 Å². The normalized spacial score (nSPS) is 12.7. The van der Waals surface area contributed by atoms with E-state index in [4.69, 9.17) is 5.84 Å². The minimum atomic E-state index is -3.61. The van der Waals surface area contributed by atoms with Crippen LogP contribution in [0.1, 0.15) is 20.3 Å². The van der Waals surface area contributed by atoms with Gasteiger partial charge in [-0.15, -0.1) is 10.2 Å². The molecule has 0 bridgehead atoms. The zero-order valence-corrected chi connectivity index (χ0v) is 20.0. The standard InChI is InChI=1S/C17H28N6O4S3/c1-5-22(6-2)30(26,27)15-10-7-9-14(13-15)16-19-20-17(23(16)18)28-11-8-12-29(24,25)21(3)4/h7,9-10,13H,5-6,8,11-12,18H2,1-4H3. The topological polar surface area (TPSA) is 131 Å². The Kier molecular flexibility index (Phi) is 8.27. The van der Waals surface area contributed by atoms with Gasteiger partial charge in [0.1, 0.15) is 0 Å². The first-order valence-electron chi connectivity index (χ1n) is 9.38.